The molecule has 0 radical (unpaired) electrons. The molecule has 0 spiro atoms. The first-order valence-electron chi connectivity index (χ1n) is 12.6. The topological polar surface area (TPSA) is 54.2 Å². The molecular formula is C32H25F2N5. The van der Waals surface area contributed by atoms with E-state index >= 15 is 0 Å². The van der Waals surface area contributed by atoms with Crippen LogP contribution in [-0.2, 0) is 13.6 Å². The Morgan fingerprint density at radius 2 is 1.49 bits per heavy atom. The molecule has 1 aliphatic carbocycles. The van der Waals surface area contributed by atoms with Crippen LogP contribution in [0.2, 0.25) is 0 Å². The molecule has 4 aromatic carbocycles. The highest BCUT2D eigenvalue weighted by Gasteiger charge is 2.14. The van der Waals surface area contributed by atoms with Gasteiger partial charge in [0.25, 0.3) is 0 Å². The monoisotopic (exact) mass is 517 g/mol. The summed E-state index contributed by atoms with van der Waals surface area (Å²) < 4.78 is 29.1. The zero-order valence-corrected chi connectivity index (χ0v) is 21.2. The first-order chi connectivity index (χ1) is 19.0. The van der Waals surface area contributed by atoms with Crippen LogP contribution in [0.4, 0.5) is 31.5 Å². The number of anilines is 3. The number of aryl methyl sites for hydroxylation is 1. The van der Waals surface area contributed by atoms with Crippen LogP contribution in [0, 0.1) is 11.6 Å². The maximum absolute atomic E-state index is 13.5. The summed E-state index contributed by atoms with van der Waals surface area (Å²) in [4.78, 5) is 9.77. The first kappa shape index (κ1) is 24.3. The Kier molecular flexibility index (Phi) is 6.47. The van der Waals surface area contributed by atoms with Crippen molar-refractivity contribution in [2.75, 3.05) is 10.6 Å². The predicted molar refractivity (Wildman–Crippen MR) is 152 cm³/mol. The third-order valence-corrected chi connectivity index (χ3v) is 6.57. The number of nitrogens with one attached hydrogen (secondary N) is 2. The highest BCUT2D eigenvalue weighted by molar-refractivity contribution is 5.82. The maximum Gasteiger partial charge on any atom is 0.123 e. The highest BCUT2D eigenvalue weighted by atomic mass is 19.1. The standard InChI is InChI=1S/C32H25F2N5/c1-39-31-16-7-21(20-35-24-5-3-2-4-6-24)17-29(31)38-30-18-27(36-25-12-8-22(33)9-13-25)28(19-32(30)39)37-26-14-10-23(34)11-15-26/h2-19,35-36H,20H2,1H3. The van der Waals surface area contributed by atoms with E-state index in [0.717, 1.165) is 33.7 Å². The number of hydrogen-bond donors (Lipinski definition) is 2. The Morgan fingerprint density at radius 3 is 2.23 bits per heavy atom. The molecule has 192 valence electrons. The largest absolute Gasteiger partial charge is 0.381 e. The Balaban J connectivity index is 1.45. The Morgan fingerprint density at radius 1 is 0.769 bits per heavy atom. The van der Waals surface area contributed by atoms with E-state index in [-0.39, 0.29) is 11.6 Å². The average molecular weight is 518 g/mol. The maximum atomic E-state index is 13.5. The van der Waals surface area contributed by atoms with Crippen molar-refractivity contribution < 1.29 is 8.78 Å². The normalized spacial score (nSPS) is 11.7. The third-order valence-electron chi connectivity index (χ3n) is 6.57. The van der Waals surface area contributed by atoms with Crippen LogP contribution in [-0.4, -0.2) is 9.55 Å². The van der Waals surface area contributed by atoms with E-state index in [1.165, 1.54) is 24.3 Å². The molecule has 4 aromatic rings. The number of hydrogen-bond acceptors (Lipinski definition) is 4. The quantitative estimate of drug-likeness (QED) is 0.224. The summed E-state index contributed by atoms with van der Waals surface area (Å²) in [6, 6.07) is 32.4. The van der Waals surface area contributed by atoms with Crippen molar-refractivity contribution in [2.45, 2.75) is 6.54 Å². The summed E-state index contributed by atoms with van der Waals surface area (Å²) in [7, 11) is 2.00. The summed E-state index contributed by atoms with van der Waals surface area (Å²) in [6.45, 7) is 0.677. The van der Waals surface area contributed by atoms with Gasteiger partial charge in [0.05, 0.1) is 39.2 Å². The van der Waals surface area contributed by atoms with Crippen LogP contribution >= 0.6 is 0 Å². The SMILES string of the molecule is Cn1c2cc(=Nc3ccc(F)cc3)c(Nc3ccc(F)cc3)cc-2nc2cc(CNc3ccccc3)ccc21. The lowest BCUT2D eigenvalue weighted by Crippen LogP contribution is -2.14. The van der Waals surface area contributed by atoms with Crippen molar-refractivity contribution in [2.24, 2.45) is 12.0 Å². The van der Waals surface area contributed by atoms with Gasteiger partial charge in [-0.05, 0) is 90.5 Å². The minimum absolute atomic E-state index is 0.312. The van der Waals surface area contributed by atoms with Crippen LogP contribution in [0.5, 0.6) is 0 Å². The second-order valence-electron chi connectivity index (χ2n) is 9.29. The van der Waals surface area contributed by atoms with E-state index in [1.54, 1.807) is 24.3 Å². The summed E-state index contributed by atoms with van der Waals surface area (Å²) in [6.07, 6.45) is 0. The molecule has 0 fully saturated rings. The van der Waals surface area contributed by atoms with E-state index in [1.807, 2.05) is 49.5 Å². The fourth-order valence-electron chi connectivity index (χ4n) is 4.53. The number of aromatic nitrogens is 2. The molecule has 2 N–H and O–H groups in total. The Labute approximate surface area is 224 Å². The molecule has 1 heterocycles. The third kappa shape index (κ3) is 5.33. The molecule has 0 bridgehead atoms. The lowest BCUT2D eigenvalue weighted by Gasteiger charge is -2.18. The number of nitrogens with zero attached hydrogens (tertiary/aromatic N) is 3. The molecule has 0 aromatic heterocycles. The van der Waals surface area contributed by atoms with E-state index in [2.05, 4.69) is 33.4 Å². The van der Waals surface area contributed by atoms with E-state index in [9.17, 15) is 8.78 Å². The van der Waals surface area contributed by atoms with Gasteiger partial charge >= 0.3 is 0 Å². The number of para-hydroxylation sites is 1. The molecule has 6 rings (SSSR count). The van der Waals surface area contributed by atoms with Crippen molar-refractivity contribution in [1.82, 2.24) is 9.55 Å². The summed E-state index contributed by atoms with van der Waals surface area (Å²) >= 11 is 0. The molecule has 7 heteroatoms. The van der Waals surface area contributed by atoms with E-state index < -0.39 is 0 Å². The predicted octanol–water partition coefficient (Wildman–Crippen LogP) is 7.54. The van der Waals surface area contributed by atoms with Gasteiger partial charge in [-0.25, -0.2) is 18.8 Å². The van der Waals surface area contributed by atoms with Crippen LogP contribution in [0.1, 0.15) is 5.56 Å². The smallest absolute Gasteiger partial charge is 0.123 e. The molecule has 0 saturated carbocycles. The van der Waals surface area contributed by atoms with Gasteiger partial charge in [-0.2, -0.15) is 0 Å². The molecule has 0 unspecified atom stereocenters. The molecule has 39 heavy (non-hydrogen) atoms. The molecule has 1 aliphatic heterocycles. The van der Waals surface area contributed by atoms with E-state index in [0.29, 0.717) is 29.0 Å². The zero-order chi connectivity index (χ0) is 26.8. The second kappa shape index (κ2) is 10.4. The zero-order valence-electron chi connectivity index (χ0n) is 21.2. The minimum atomic E-state index is -0.322. The molecular weight excluding hydrogens is 492 g/mol. The minimum Gasteiger partial charge on any atom is -0.381 e. The molecule has 5 nitrogen and oxygen atoms in total. The molecule has 0 atom stereocenters. The van der Waals surface area contributed by atoms with Crippen molar-refractivity contribution >= 4 is 33.8 Å². The highest BCUT2D eigenvalue weighted by Crippen LogP contribution is 2.28. The lowest BCUT2D eigenvalue weighted by molar-refractivity contribution is 0.627. The van der Waals surface area contributed by atoms with Gasteiger partial charge in [-0.1, -0.05) is 24.3 Å². The Hall–Kier alpha value is -5.04. The van der Waals surface area contributed by atoms with Crippen LogP contribution < -0.4 is 16.0 Å². The molecule has 0 saturated heterocycles. The van der Waals surface area contributed by atoms with Crippen LogP contribution in [0.25, 0.3) is 22.4 Å². The number of rotatable bonds is 6. The van der Waals surface area contributed by atoms with Gasteiger partial charge in [0.15, 0.2) is 0 Å². The number of halogens is 2. The first-order valence-corrected chi connectivity index (χ1v) is 12.6. The summed E-state index contributed by atoms with van der Waals surface area (Å²) in [5, 5.41) is 7.44. The van der Waals surface area contributed by atoms with Gasteiger partial charge < -0.3 is 15.2 Å². The fraction of sp³-hybridized carbons (Fsp3) is 0.0625. The van der Waals surface area contributed by atoms with E-state index in [4.69, 9.17) is 9.98 Å². The summed E-state index contributed by atoms with van der Waals surface area (Å²) in [5.74, 6) is -0.634. The molecule has 0 amide bonds. The average Bonchev–Trinajstić information content (AvgIpc) is 2.95. The number of benzene rings is 5. The van der Waals surface area contributed by atoms with Gasteiger partial charge in [-0.15, -0.1) is 0 Å². The summed E-state index contributed by atoms with van der Waals surface area (Å²) in [5.41, 5.74) is 7.73. The van der Waals surface area contributed by atoms with Crippen molar-refractivity contribution in [1.29, 1.82) is 0 Å². The lowest BCUT2D eigenvalue weighted by atomic mass is 10.1. The Bertz CT molecular complexity index is 1790. The van der Waals surface area contributed by atoms with Gasteiger partial charge in [-0.3, -0.25) is 0 Å². The van der Waals surface area contributed by atoms with Gasteiger partial charge in [0.2, 0.25) is 0 Å². The van der Waals surface area contributed by atoms with Crippen molar-refractivity contribution in [3.05, 3.63) is 132 Å². The van der Waals surface area contributed by atoms with Crippen LogP contribution in [0.15, 0.2) is 114 Å². The van der Waals surface area contributed by atoms with Crippen molar-refractivity contribution in [3.8, 4) is 11.4 Å². The fourth-order valence-corrected chi connectivity index (χ4v) is 4.53. The number of fused-ring (bicyclic) bond motifs is 2. The second-order valence-corrected chi connectivity index (χ2v) is 9.29. The van der Waals surface area contributed by atoms with Gasteiger partial charge in [0, 0.05) is 25.0 Å². The van der Waals surface area contributed by atoms with Crippen LogP contribution in [0.3, 0.4) is 0 Å². The van der Waals surface area contributed by atoms with Gasteiger partial charge in [0.1, 0.15) is 11.6 Å². The van der Waals surface area contributed by atoms with Crippen molar-refractivity contribution in [3.63, 3.8) is 0 Å². The molecule has 2 aliphatic rings.